The number of aromatic nitrogens is 5. The molecule has 0 aliphatic heterocycles. The van der Waals surface area contributed by atoms with E-state index in [-0.39, 0.29) is 11.7 Å². The highest BCUT2D eigenvalue weighted by atomic mass is 32.2. The number of tetrazole rings is 1. The fourth-order valence-corrected chi connectivity index (χ4v) is 4.18. The van der Waals surface area contributed by atoms with Crippen LogP contribution >= 0.6 is 23.1 Å². The van der Waals surface area contributed by atoms with E-state index in [2.05, 4.69) is 31.9 Å². The smallest absolute Gasteiger partial charge is 0.236 e. The number of carbonyl (C=O) groups excluding carboxylic acids is 1. The molecule has 0 saturated carbocycles. The summed E-state index contributed by atoms with van der Waals surface area (Å²) < 4.78 is 2.75. The van der Waals surface area contributed by atoms with E-state index in [0.717, 1.165) is 15.8 Å². The highest BCUT2D eigenvalue weighted by molar-refractivity contribution is 7.99. The number of nitrogens with zero attached hydrogens (tertiary/aromatic N) is 5. The van der Waals surface area contributed by atoms with Gasteiger partial charge in [-0.2, -0.15) is 0 Å². The van der Waals surface area contributed by atoms with Crippen LogP contribution in [0.15, 0.2) is 53.7 Å². The van der Waals surface area contributed by atoms with Crippen LogP contribution in [0.4, 0.5) is 5.13 Å². The van der Waals surface area contributed by atoms with E-state index in [4.69, 9.17) is 0 Å². The lowest BCUT2D eigenvalue weighted by Crippen LogP contribution is -2.14. The van der Waals surface area contributed by atoms with Gasteiger partial charge in [-0.05, 0) is 40.6 Å². The number of fused-ring (bicyclic) bond motifs is 1. The molecule has 0 bridgehead atoms. The molecule has 0 spiro atoms. The Balaban J connectivity index is 1.37. The fraction of sp³-hybridized carbons (Fsp3) is 0.167. The first-order valence-corrected chi connectivity index (χ1v) is 10.1. The number of anilines is 1. The number of nitrogens with one attached hydrogen (secondary N) is 1. The summed E-state index contributed by atoms with van der Waals surface area (Å²) in [4.78, 5) is 16.7. The Morgan fingerprint density at radius 2 is 2.07 bits per heavy atom. The Labute approximate surface area is 163 Å². The SMILES string of the molecule is Cc1ccc2nc(NC(=O)CSc3nnnn3Cc3ccccc3)sc2c1. The predicted octanol–water partition coefficient (Wildman–Crippen LogP) is 3.37. The third-order valence-corrected chi connectivity index (χ3v) is 5.69. The summed E-state index contributed by atoms with van der Waals surface area (Å²) in [5.74, 6) is 0.0782. The molecular formula is C18H16N6OS2. The van der Waals surface area contributed by atoms with Crippen LogP contribution in [0.2, 0.25) is 0 Å². The molecule has 0 fully saturated rings. The zero-order valence-corrected chi connectivity index (χ0v) is 16.1. The van der Waals surface area contributed by atoms with Crippen molar-refractivity contribution in [2.75, 3.05) is 11.1 Å². The van der Waals surface area contributed by atoms with Gasteiger partial charge in [0.2, 0.25) is 11.1 Å². The van der Waals surface area contributed by atoms with Crippen molar-refractivity contribution in [3.63, 3.8) is 0 Å². The van der Waals surface area contributed by atoms with E-state index in [1.165, 1.54) is 28.7 Å². The van der Waals surface area contributed by atoms with Gasteiger partial charge in [0.15, 0.2) is 5.13 Å². The van der Waals surface area contributed by atoms with E-state index in [0.29, 0.717) is 16.8 Å². The van der Waals surface area contributed by atoms with Crippen LogP contribution in [0.3, 0.4) is 0 Å². The second-order valence-corrected chi connectivity index (χ2v) is 7.90. The number of hydrogen-bond acceptors (Lipinski definition) is 7. The first-order chi connectivity index (χ1) is 13.2. The summed E-state index contributed by atoms with van der Waals surface area (Å²) in [5, 5.41) is 15.8. The van der Waals surface area contributed by atoms with Gasteiger partial charge in [-0.3, -0.25) is 4.79 Å². The zero-order valence-electron chi connectivity index (χ0n) is 14.5. The number of thioether (sulfide) groups is 1. The highest BCUT2D eigenvalue weighted by Gasteiger charge is 2.12. The monoisotopic (exact) mass is 396 g/mol. The van der Waals surface area contributed by atoms with Crippen LogP contribution in [0.25, 0.3) is 10.2 Å². The van der Waals surface area contributed by atoms with Crippen LogP contribution in [0.5, 0.6) is 0 Å². The van der Waals surface area contributed by atoms with Crippen LogP contribution in [0, 0.1) is 6.92 Å². The first-order valence-electron chi connectivity index (χ1n) is 8.27. The molecule has 2 heterocycles. The number of rotatable bonds is 6. The highest BCUT2D eigenvalue weighted by Crippen LogP contribution is 2.27. The molecule has 2 aromatic heterocycles. The summed E-state index contributed by atoms with van der Waals surface area (Å²) in [6, 6.07) is 16.0. The quantitative estimate of drug-likeness (QED) is 0.503. The van der Waals surface area contributed by atoms with Crippen molar-refractivity contribution in [3.05, 3.63) is 59.7 Å². The van der Waals surface area contributed by atoms with Crippen molar-refractivity contribution in [2.24, 2.45) is 0 Å². The summed E-state index contributed by atoms with van der Waals surface area (Å²) >= 11 is 2.77. The van der Waals surface area contributed by atoms with E-state index in [9.17, 15) is 4.79 Å². The molecule has 136 valence electrons. The van der Waals surface area contributed by atoms with Gasteiger partial charge in [-0.15, -0.1) is 5.10 Å². The van der Waals surface area contributed by atoms with Crippen molar-refractivity contribution < 1.29 is 4.79 Å². The fourth-order valence-electron chi connectivity index (χ4n) is 2.53. The minimum Gasteiger partial charge on any atom is -0.301 e. The van der Waals surface area contributed by atoms with Crippen molar-refractivity contribution in [3.8, 4) is 0 Å². The third kappa shape index (κ3) is 4.32. The lowest BCUT2D eigenvalue weighted by Gasteiger charge is -2.04. The molecule has 0 aliphatic carbocycles. The van der Waals surface area contributed by atoms with Crippen molar-refractivity contribution in [1.82, 2.24) is 25.2 Å². The van der Waals surface area contributed by atoms with E-state index >= 15 is 0 Å². The largest absolute Gasteiger partial charge is 0.301 e. The molecular weight excluding hydrogens is 380 g/mol. The molecule has 2 aromatic carbocycles. The zero-order chi connectivity index (χ0) is 18.6. The van der Waals surface area contributed by atoms with Crippen LogP contribution in [-0.4, -0.2) is 36.9 Å². The average molecular weight is 397 g/mol. The number of thiazole rings is 1. The van der Waals surface area contributed by atoms with Gasteiger partial charge >= 0.3 is 0 Å². The lowest BCUT2D eigenvalue weighted by atomic mass is 10.2. The van der Waals surface area contributed by atoms with Crippen LogP contribution in [0.1, 0.15) is 11.1 Å². The first kappa shape index (κ1) is 17.6. The average Bonchev–Trinajstić information content (AvgIpc) is 3.26. The number of hydrogen-bond donors (Lipinski definition) is 1. The Kier molecular flexibility index (Phi) is 5.12. The minimum atomic E-state index is -0.134. The maximum absolute atomic E-state index is 12.3. The van der Waals surface area contributed by atoms with Gasteiger partial charge in [0.1, 0.15) is 0 Å². The minimum absolute atomic E-state index is 0.134. The van der Waals surface area contributed by atoms with Crippen LogP contribution in [-0.2, 0) is 11.3 Å². The Morgan fingerprint density at radius 3 is 2.93 bits per heavy atom. The van der Waals surface area contributed by atoms with E-state index < -0.39 is 0 Å². The number of amides is 1. The molecule has 0 radical (unpaired) electrons. The maximum Gasteiger partial charge on any atom is 0.236 e. The van der Waals surface area contributed by atoms with Crippen LogP contribution < -0.4 is 5.32 Å². The van der Waals surface area contributed by atoms with Gasteiger partial charge in [-0.1, -0.05) is 59.5 Å². The Bertz CT molecular complexity index is 1080. The molecule has 0 unspecified atom stereocenters. The second-order valence-electron chi connectivity index (χ2n) is 5.93. The maximum atomic E-state index is 12.3. The van der Waals surface area contributed by atoms with Crippen molar-refractivity contribution in [2.45, 2.75) is 18.6 Å². The van der Waals surface area contributed by atoms with Gasteiger partial charge in [0.25, 0.3) is 0 Å². The molecule has 1 N–H and O–H groups in total. The third-order valence-electron chi connectivity index (χ3n) is 3.80. The summed E-state index contributed by atoms with van der Waals surface area (Å²) in [6.45, 7) is 2.60. The Hall–Kier alpha value is -2.78. The topological polar surface area (TPSA) is 85.6 Å². The predicted molar refractivity (Wildman–Crippen MR) is 107 cm³/mol. The van der Waals surface area contributed by atoms with Crippen molar-refractivity contribution in [1.29, 1.82) is 0 Å². The molecule has 0 atom stereocenters. The number of benzene rings is 2. The van der Waals surface area contributed by atoms with E-state index in [1.54, 1.807) is 4.68 Å². The summed E-state index contributed by atoms with van der Waals surface area (Å²) in [7, 11) is 0. The number of carbonyl (C=O) groups is 1. The normalized spacial score (nSPS) is 11.0. The van der Waals surface area contributed by atoms with Crippen molar-refractivity contribution >= 4 is 44.4 Å². The molecule has 7 nitrogen and oxygen atoms in total. The van der Waals surface area contributed by atoms with Gasteiger partial charge in [0, 0.05) is 0 Å². The summed E-state index contributed by atoms with van der Waals surface area (Å²) in [5.41, 5.74) is 3.16. The molecule has 4 rings (SSSR count). The van der Waals surface area contributed by atoms with Gasteiger partial charge in [0.05, 0.1) is 22.5 Å². The number of aryl methyl sites for hydroxylation is 1. The Morgan fingerprint density at radius 1 is 1.22 bits per heavy atom. The molecule has 0 saturated heterocycles. The van der Waals surface area contributed by atoms with E-state index in [1.807, 2.05) is 49.4 Å². The summed E-state index contributed by atoms with van der Waals surface area (Å²) in [6.07, 6.45) is 0. The lowest BCUT2D eigenvalue weighted by molar-refractivity contribution is -0.113. The van der Waals surface area contributed by atoms with Gasteiger partial charge < -0.3 is 5.32 Å². The second kappa shape index (κ2) is 7.85. The molecule has 27 heavy (non-hydrogen) atoms. The van der Waals surface area contributed by atoms with Gasteiger partial charge in [-0.25, -0.2) is 9.67 Å². The standard InChI is InChI=1S/C18H16N6OS2/c1-12-7-8-14-15(9-12)27-17(19-14)20-16(25)11-26-18-21-22-23-24(18)10-13-5-3-2-4-6-13/h2-9H,10-11H2,1H3,(H,19,20,25). The molecule has 4 aromatic rings. The molecule has 0 aliphatic rings. The molecule has 1 amide bonds. The molecule has 9 heteroatoms.